The first-order chi connectivity index (χ1) is 8.50. The number of halogens is 2. The molecule has 0 aliphatic carbocycles. The summed E-state index contributed by atoms with van der Waals surface area (Å²) in [5.74, 6) is -2.77. The summed E-state index contributed by atoms with van der Waals surface area (Å²) in [6.07, 6.45) is 0.382. The van der Waals surface area contributed by atoms with E-state index in [1.807, 2.05) is 0 Å². The molecule has 1 aliphatic rings. The number of carbonyl (C=O) groups excluding carboxylic acids is 1. The van der Waals surface area contributed by atoms with E-state index < -0.39 is 23.6 Å². The second-order valence-corrected chi connectivity index (χ2v) is 4.58. The predicted octanol–water partition coefficient (Wildman–Crippen LogP) is 2.03. The van der Waals surface area contributed by atoms with Crippen LogP contribution in [0.2, 0.25) is 5.02 Å². The summed E-state index contributed by atoms with van der Waals surface area (Å²) in [5.41, 5.74) is -0.190. The highest BCUT2D eigenvalue weighted by Crippen LogP contribution is 2.24. The standard InChI is InChI=1S/C12H11ClFNO3/c13-8-2-1-3-9(14)10(8)11(16)15-5-4-7(6-15)12(17)18/h1-3,7H,4-6H2,(H,17,18). The first-order valence-corrected chi connectivity index (χ1v) is 5.84. The van der Waals surface area contributed by atoms with E-state index >= 15 is 0 Å². The van der Waals surface area contributed by atoms with E-state index in [0.29, 0.717) is 13.0 Å². The molecule has 96 valence electrons. The summed E-state index contributed by atoms with van der Waals surface area (Å²) in [7, 11) is 0. The zero-order valence-electron chi connectivity index (χ0n) is 9.40. The number of carboxylic acid groups (broad SMARTS) is 1. The minimum Gasteiger partial charge on any atom is -0.481 e. The van der Waals surface area contributed by atoms with Gasteiger partial charge in [0.25, 0.3) is 5.91 Å². The normalized spacial score (nSPS) is 19.0. The van der Waals surface area contributed by atoms with Gasteiger partial charge >= 0.3 is 5.97 Å². The molecule has 0 saturated carbocycles. The number of aliphatic carboxylic acids is 1. The Labute approximate surface area is 108 Å². The van der Waals surface area contributed by atoms with Crippen molar-refractivity contribution < 1.29 is 19.1 Å². The van der Waals surface area contributed by atoms with Crippen molar-refractivity contribution in [1.82, 2.24) is 4.90 Å². The lowest BCUT2D eigenvalue weighted by atomic mass is 10.1. The Hall–Kier alpha value is -1.62. The zero-order valence-corrected chi connectivity index (χ0v) is 10.2. The van der Waals surface area contributed by atoms with E-state index in [2.05, 4.69) is 0 Å². The average molecular weight is 272 g/mol. The van der Waals surface area contributed by atoms with Crippen molar-refractivity contribution >= 4 is 23.5 Å². The number of amides is 1. The maximum absolute atomic E-state index is 13.6. The van der Waals surface area contributed by atoms with E-state index in [9.17, 15) is 14.0 Å². The quantitative estimate of drug-likeness (QED) is 0.895. The molecule has 1 amide bonds. The summed E-state index contributed by atoms with van der Waals surface area (Å²) in [6.45, 7) is 0.402. The Bertz CT molecular complexity index is 486. The molecular weight excluding hydrogens is 261 g/mol. The molecule has 0 bridgehead atoms. The number of benzene rings is 1. The molecule has 1 unspecified atom stereocenters. The Morgan fingerprint density at radius 1 is 1.44 bits per heavy atom. The number of hydrogen-bond donors (Lipinski definition) is 1. The second-order valence-electron chi connectivity index (χ2n) is 4.17. The number of carbonyl (C=O) groups is 2. The van der Waals surface area contributed by atoms with Gasteiger partial charge < -0.3 is 10.0 Å². The van der Waals surface area contributed by atoms with Crippen molar-refractivity contribution in [3.05, 3.63) is 34.6 Å². The Balaban J connectivity index is 2.21. The van der Waals surface area contributed by atoms with Gasteiger partial charge in [0.05, 0.1) is 16.5 Å². The lowest BCUT2D eigenvalue weighted by molar-refractivity contribution is -0.141. The SMILES string of the molecule is O=C(O)C1CCN(C(=O)c2c(F)cccc2Cl)C1. The Morgan fingerprint density at radius 3 is 2.72 bits per heavy atom. The summed E-state index contributed by atoms with van der Waals surface area (Å²) < 4.78 is 13.6. The van der Waals surface area contributed by atoms with E-state index in [1.54, 1.807) is 0 Å². The van der Waals surface area contributed by atoms with Crippen molar-refractivity contribution in [2.75, 3.05) is 13.1 Å². The zero-order chi connectivity index (χ0) is 13.3. The molecule has 6 heteroatoms. The minimum atomic E-state index is -0.940. The van der Waals surface area contributed by atoms with Gasteiger partial charge in [-0.25, -0.2) is 4.39 Å². The predicted molar refractivity (Wildman–Crippen MR) is 63.1 cm³/mol. The maximum Gasteiger partial charge on any atom is 0.308 e. The highest BCUT2D eigenvalue weighted by atomic mass is 35.5. The van der Waals surface area contributed by atoms with Gasteiger partial charge in [-0.2, -0.15) is 0 Å². The fraction of sp³-hybridized carbons (Fsp3) is 0.333. The van der Waals surface area contributed by atoms with Crippen LogP contribution < -0.4 is 0 Å². The summed E-state index contributed by atoms with van der Waals surface area (Å²) in [6, 6.07) is 4.00. The molecule has 1 aromatic carbocycles. The number of likely N-dealkylation sites (tertiary alicyclic amines) is 1. The van der Waals surface area contributed by atoms with Gasteiger partial charge in [0.1, 0.15) is 5.82 Å². The molecule has 1 aromatic rings. The number of nitrogens with zero attached hydrogens (tertiary/aromatic N) is 1. The summed E-state index contributed by atoms with van der Waals surface area (Å²) in [4.78, 5) is 24.2. The lowest BCUT2D eigenvalue weighted by Crippen LogP contribution is -2.30. The van der Waals surface area contributed by atoms with Crippen molar-refractivity contribution in [3.8, 4) is 0 Å². The molecule has 2 rings (SSSR count). The first-order valence-electron chi connectivity index (χ1n) is 5.47. The topological polar surface area (TPSA) is 57.6 Å². The molecule has 4 nitrogen and oxygen atoms in total. The third kappa shape index (κ3) is 2.31. The van der Waals surface area contributed by atoms with Crippen molar-refractivity contribution in [3.63, 3.8) is 0 Å². The molecule has 18 heavy (non-hydrogen) atoms. The smallest absolute Gasteiger partial charge is 0.308 e. The molecule has 0 aromatic heterocycles. The van der Waals surface area contributed by atoms with Crippen LogP contribution in [0, 0.1) is 11.7 Å². The largest absolute Gasteiger partial charge is 0.481 e. The molecule has 1 atom stereocenters. The number of carboxylic acids is 1. The third-order valence-electron chi connectivity index (χ3n) is 3.00. The molecular formula is C12H11ClFNO3. The molecule has 1 aliphatic heterocycles. The van der Waals surface area contributed by atoms with Gasteiger partial charge in [0.15, 0.2) is 0 Å². The molecule has 1 fully saturated rings. The molecule has 0 spiro atoms. The highest BCUT2D eigenvalue weighted by Gasteiger charge is 2.32. The summed E-state index contributed by atoms with van der Waals surface area (Å²) >= 11 is 5.80. The molecule has 0 radical (unpaired) electrons. The molecule has 1 heterocycles. The van der Waals surface area contributed by atoms with Crippen LogP contribution >= 0.6 is 11.6 Å². The maximum atomic E-state index is 13.6. The van der Waals surface area contributed by atoms with Crippen molar-refractivity contribution in [1.29, 1.82) is 0 Å². The van der Waals surface area contributed by atoms with Crippen LogP contribution in [-0.2, 0) is 4.79 Å². The van der Waals surface area contributed by atoms with Gasteiger partial charge in [0.2, 0.25) is 0 Å². The van der Waals surface area contributed by atoms with Crippen LogP contribution in [0.4, 0.5) is 4.39 Å². The minimum absolute atomic E-state index is 0.0405. The highest BCUT2D eigenvalue weighted by molar-refractivity contribution is 6.33. The fourth-order valence-electron chi connectivity index (χ4n) is 2.01. The lowest BCUT2D eigenvalue weighted by Gasteiger charge is -2.16. The Kier molecular flexibility index (Phi) is 3.52. The Morgan fingerprint density at radius 2 is 2.17 bits per heavy atom. The van der Waals surface area contributed by atoms with Gasteiger partial charge in [-0.1, -0.05) is 17.7 Å². The number of rotatable bonds is 2. The van der Waals surface area contributed by atoms with Crippen molar-refractivity contribution in [2.24, 2.45) is 5.92 Å². The third-order valence-corrected chi connectivity index (χ3v) is 3.32. The van der Waals surface area contributed by atoms with Crippen molar-refractivity contribution in [2.45, 2.75) is 6.42 Å². The van der Waals surface area contributed by atoms with Gasteiger partial charge in [-0.3, -0.25) is 9.59 Å². The van der Waals surface area contributed by atoms with E-state index in [0.717, 1.165) is 6.07 Å². The summed E-state index contributed by atoms with van der Waals surface area (Å²) in [5, 5.41) is 8.89. The first kappa shape index (κ1) is 12.8. The average Bonchev–Trinajstić information content (AvgIpc) is 2.77. The monoisotopic (exact) mass is 271 g/mol. The van der Waals surface area contributed by atoms with E-state index in [4.69, 9.17) is 16.7 Å². The number of hydrogen-bond acceptors (Lipinski definition) is 2. The molecule has 1 N–H and O–H groups in total. The van der Waals surface area contributed by atoms with Crippen LogP contribution in [0.5, 0.6) is 0 Å². The van der Waals surface area contributed by atoms with Gasteiger partial charge in [-0.05, 0) is 18.6 Å². The van der Waals surface area contributed by atoms with Crippen LogP contribution in [0.15, 0.2) is 18.2 Å². The van der Waals surface area contributed by atoms with Crippen LogP contribution in [0.1, 0.15) is 16.8 Å². The van der Waals surface area contributed by atoms with Crippen LogP contribution in [-0.4, -0.2) is 35.0 Å². The van der Waals surface area contributed by atoms with E-state index in [-0.39, 0.29) is 17.1 Å². The molecule has 1 saturated heterocycles. The van der Waals surface area contributed by atoms with E-state index in [1.165, 1.54) is 17.0 Å². The van der Waals surface area contributed by atoms with Crippen LogP contribution in [0.3, 0.4) is 0 Å². The fourth-order valence-corrected chi connectivity index (χ4v) is 2.25. The van der Waals surface area contributed by atoms with Gasteiger partial charge in [0, 0.05) is 13.1 Å². The van der Waals surface area contributed by atoms with Crippen LogP contribution in [0.25, 0.3) is 0 Å². The second kappa shape index (κ2) is 4.94. The van der Waals surface area contributed by atoms with Gasteiger partial charge in [-0.15, -0.1) is 0 Å².